The van der Waals surface area contributed by atoms with Crippen LogP contribution >= 0.6 is 12.0 Å². The Bertz CT molecular complexity index is 4710. The van der Waals surface area contributed by atoms with Gasteiger partial charge in [-0.3, -0.25) is 25.7 Å². The van der Waals surface area contributed by atoms with Crippen molar-refractivity contribution >= 4 is 130 Å². The second-order valence-corrected chi connectivity index (χ2v) is 32.0. The predicted octanol–water partition coefficient (Wildman–Crippen LogP) is 5.98. The fourth-order valence-corrected chi connectivity index (χ4v) is 15.1. The third-order valence-corrected chi connectivity index (χ3v) is 19.9. The summed E-state index contributed by atoms with van der Waals surface area (Å²) in [6.07, 6.45) is 12.0. The Morgan fingerprint density at radius 1 is 0.510 bits per heavy atom. The van der Waals surface area contributed by atoms with Crippen LogP contribution in [0.25, 0.3) is 0 Å². The average Bonchev–Trinajstić information content (AvgIpc) is 1.59. The smallest absolute Gasteiger partial charge is 0.425 e. The number of hydrogen-bond acceptors (Lipinski definition) is 24. The van der Waals surface area contributed by atoms with Crippen LogP contribution in [0.1, 0.15) is 124 Å². The Labute approximate surface area is 576 Å². The number of allylic oxidation sites excluding steroid dienone is 8. The summed E-state index contributed by atoms with van der Waals surface area (Å²) in [6.45, 7) is 16.6. The van der Waals surface area contributed by atoms with Gasteiger partial charge in [0.25, 0.3) is 30.4 Å². The van der Waals surface area contributed by atoms with Gasteiger partial charge in [-0.2, -0.15) is 34.4 Å². The molecule has 98 heavy (non-hydrogen) atoms. The lowest BCUT2D eigenvalue weighted by molar-refractivity contribution is -0.437. The normalized spacial score (nSPS) is 16.9. The van der Waals surface area contributed by atoms with Gasteiger partial charge in [-0.1, -0.05) is 76.2 Å². The molecule has 4 heterocycles. The zero-order chi connectivity index (χ0) is 74.5. The van der Waals surface area contributed by atoms with Gasteiger partial charge in [0, 0.05) is 95.1 Å². The molecule has 0 unspecified atom stereocenters. The molecule has 30 nitrogen and oxygen atoms in total. The van der Waals surface area contributed by atoms with Crippen molar-refractivity contribution in [2.45, 2.75) is 108 Å². The molecule has 0 aliphatic carbocycles. The zero-order valence-corrected chi connectivity index (χ0v) is 60.4. The number of hydrogen-bond donors (Lipinski definition) is 5. The van der Waals surface area contributed by atoms with Gasteiger partial charge in [0.2, 0.25) is 11.4 Å². The van der Waals surface area contributed by atoms with Crippen LogP contribution in [-0.2, 0) is 94.0 Å². The van der Waals surface area contributed by atoms with Crippen LogP contribution in [-0.4, -0.2) is 186 Å². The number of anilines is 2. The summed E-state index contributed by atoms with van der Waals surface area (Å²) in [5, 5.41) is 19.9. The van der Waals surface area contributed by atoms with Crippen molar-refractivity contribution < 1.29 is 123 Å². The molecule has 4 aromatic carbocycles. The minimum Gasteiger partial charge on any atom is -0.799 e. The summed E-state index contributed by atoms with van der Waals surface area (Å²) in [5.41, 5.74) is 6.09. The highest BCUT2D eigenvalue weighted by molar-refractivity contribution is 7.93. The Kier molecular flexibility index (Phi) is 28.4. The van der Waals surface area contributed by atoms with E-state index in [2.05, 4.69) is 37.0 Å². The number of benzene rings is 4. The summed E-state index contributed by atoms with van der Waals surface area (Å²) in [7, 11) is -26.9. The van der Waals surface area contributed by atoms with E-state index in [1.807, 2.05) is 62.6 Å². The molecule has 38 heteroatoms. The molecule has 0 fully saturated rings. The van der Waals surface area contributed by atoms with E-state index in [1.54, 1.807) is 71.9 Å². The quantitative estimate of drug-likeness (QED) is 0.0247. The summed E-state index contributed by atoms with van der Waals surface area (Å²) in [4.78, 5) is 28.0. The lowest BCUT2D eigenvalue weighted by Crippen LogP contribution is -2.30. The summed E-state index contributed by atoms with van der Waals surface area (Å²) in [6, 6.07) is 22.6. The van der Waals surface area contributed by atoms with Gasteiger partial charge in [0.05, 0.1) is 54.7 Å². The average molecular weight is 1520 g/mol. The molecule has 0 aromatic heterocycles. The maximum atomic E-state index is 12.3. The van der Waals surface area contributed by atoms with Gasteiger partial charge in [-0.25, -0.2) is 18.0 Å². The van der Waals surface area contributed by atoms with E-state index in [-0.39, 0.29) is 59.5 Å². The number of para-hydroxylation sites is 1. The first-order valence-electron chi connectivity index (χ1n) is 29.0. The molecule has 8 rings (SSSR count). The monoisotopic (exact) mass is 1520 g/mol. The molecule has 0 bridgehead atoms. The van der Waals surface area contributed by atoms with E-state index in [4.69, 9.17) is 37.9 Å². The highest BCUT2D eigenvalue weighted by Crippen LogP contribution is 2.51. The molecule has 5 N–H and O–H groups in total. The fraction of sp³-hybridized carbons (Fsp3) is 0.400. The van der Waals surface area contributed by atoms with Crippen LogP contribution in [0.4, 0.5) is 22.7 Å². The van der Waals surface area contributed by atoms with Crippen molar-refractivity contribution in [3.63, 3.8) is 0 Å². The van der Waals surface area contributed by atoms with Crippen LogP contribution in [0, 0.1) is 0 Å². The third-order valence-electron chi connectivity index (χ3n) is 16.1. The number of nitrogens with zero attached hydrogens (tertiary/aromatic N) is 4. The van der Waals surface area contributed by atoms with E-state index in [0.717, 1.165) is 29.2 Å². The molecular weight excluding hydrogens is 1450 g/mol. The summed E-state index contributed by atoms with van der Waals surface area (Å²) < 4.78 is 224. The SMILES string of the molecule is CC1(C)C(/C=C/C=C2/N(CCCS(=O)(=O)O)c3cccc(C(=O)O)c3C2(C)C)=[N+](CCCS(=O)(=O)[O-])c2cccc(S(=O)(=O)O)c21.CC1(C)C(=CC=CC2=[N+](CCCS(=O)(=O)O)c3cccc(C(=O)O)c3C2(C)C)N(CCCS[O-])c2ccccc21.O=S(=O)=O.O=S(=O)=O.O=S(=O)=O. The number of carboxylic acids is 2. The fourth-order valence-electron chi connectivity index (χ4n) is 12.5. The molecule has 0 radical (unpaired) electrons. The number of carbonyl (C=O) groups is 2. The minimum absolute atomic E-state index is 0.0429. The Morgan fingerprint density at radius 3 is 1.38 bits per heavy atom. The number of fused-ring (bicyclic) bond motifs is 4. The maximum Gasteiger partial charge on any atom is 0.425 e. The molecular formula is C60H72N4O26S8. The lowest BCUT2D eigenvalue weighted by atomic mass is 9.79. The Morgan fingerprint density at radius 2 is 0.908 bits per heavy atom. The first-order chi connectivity index (χ1) is 45.1. The van der Waals surface area contributed by atoms with Crippen LogP contribution in [0.5, 0.6) is 0 Å². The highest BCUT2D eigenvalue weighted by atomic mass is 32.2. The number of carboxylic acid groups (broad SMARTS) is 2. The molecule has 0 spiro atoms. The maximum absolute atomic E-state index is 12.3. The largest absolute Gasteiger partial charge is 0.799 e. The Balaban J connectivity index is 0.000000359. The molecule has 4 aliphatic rings. The van der Waals surface area contributed by atoms with Crippen LogP contribution in [0.2, 0.25) is 0 Å². The van der Waals surface area contributed by atoms with Gasteiger partial charge >= 0.3 is 43.8 Å². The minimum atomic E-state index is -4.64. The molecule has 0 saturated carbocycles. The van der Waals surface area contributed by atoms with Gasteiger partial charge < -0.3 is 29.1 Å². The van der Waals surface area contributed by atoms with Crippen LogP contribution in [0.15, 0.2) is 132 Å². The van der Waals surface area contributed by atoms with E-state index in [9.17, 15) is 76.2 Å². The molecule has 4 aliphatic heterocycles. The molecule has 4 aromatic rings. The number of rotatable bonds is 23. The Hall–Kier alpha value is -7.47. The van der Waals surface area contributed by atoms with Crippen molar-refractivity contribution in [2.75, 3.05) is 59.0 Å². The van der Waals surface area contributed by atoms with Gasteiger partial charge in [-0.15, -0.1) is 37.9 Å². The van der Waals surface area contributed by atoms with Crippen molar-refractivity contribution in [3.05, 3.63) is 160 Å². The molecule has 0 saturated heterocycles. The van der Waals surface area contributed by atoms with Crippen LogP contribution < -0.4 is 9.80 Å². The summed E-state index contributed by atoms with van der Waals surface area (Å²) in [5.74, 6) is -3.16. The first kappa shape index (κ1) is 83.0. The van der Waals surface area contributed by atoms with Crippen molar-refractivity contribution in [3.8, 4) is 0 Å². The second-order valence-electron chi connectivity index (χ2n) is 24.0. The third kappa shape index (κ3) is 21.5. The molecule has 0 atom stereocenters. The van der Waals surface area contributed by atoms with E-state index in [0.29, 0.717) is 70.4 Å². The second kappa shape index (κ2) is 33.6. The predicted molar refractivity (Wildman–Crippen MR) is 359 cm³/mol. The topological polar surface area (TPSA) is 484 Å². The van der Waals surface area contributed by atoms with Crippen molar-refractivity contribution in [1.82, 2.24) is 0 Å². The summed E-state index contributed by atoms with van der Waals surface area (Å²) >= 11 is 0.593. The first-order valence-corrected chi connectivity index (χ1v) is 39.2. The van der Waals surface area contributed by atoms with E-state index < -0.39 is 112 Å². The number of aromatic carboxylic acids is 2. The molecule has 536 valence electrons. The standard InChI is InChI=1S/C30H36N2O11S3.C30H36N2O6S2.3O3S/c1-29(2)24(31(16-8-18-44(35,36)37)21-11-5-10-20(26(21)29)28(33)34)14-7-15-25-30(3,4)27-22(12-6-13-23(27)46(41,42)43)32(25)17-9-19-45(38,39)40;1-29(2)22-12-5-6-13-23(22)31(17-9-19-39-35)25(29)15-8-16-26-30(3,4)27-21(28(33)34)11-7-14-24(27)32(26)18-10-20-40(36,37)38;3*1-4(2)3/h5-7,10-15H,8-9,16-19H2,1-4H3,(H3-,33,34,35,36,37,38,39,40,41,42,43);5-8,11-16H,9-10,17-20H2,1-4H3,(H2-,33,34,35,36,37,38);;;. The van der Waals surface area contributed by atoms with Gasteiger partial charge in [-0.05, 0) is 94.3 Å². The van der Waals surface area contributed by atoms with Gasteiger partial charge in [0.1, 0.15) is 18.0 Å². The van der Waals surface area contributed by atoms with Crippen molar-refractivity contribution in [2.24, 2.45) is 0 Å². The molecule has 0 amide bonds. The lowest BCUT2D eigenvalue weighted by Gasteiger charge is -2.27. The highest BCUT2D eigenvalue weighted by Gasteiger charge is 2.50. The van der Waals surface area contributed by atoms with E-state index in [1.165, 1.54) is 23.8 Å². The van der Waals surface area contributed by atoms with Crippen molar-refractivity contribution in [1.29, 1.82) is 0 Å². The van der Waals surface area contributed by atoms with E-state index >= 15 is 0 Å². The van der Waals surface area contributed by atoms with Gasteiger partial charge in [0.15, 0.2) is 11.4 Å². The van der Waals surface area contributed by atoms with Crippen LogP contribution in [0.3, 0.4) is 0 Å². The zero-order valence-electron chi connectivity index (χ0n) is 53.8.